The predicted molar refractivity (Wildman–Crippen MR) is 42.2 cm³/mol. The maximum atomic E-state index is 11.1. The molecule has 0 aromatic heterocycles. The molecule has 0 bridgehead atoms. The number of nitrogens with zero attached hydrogens (tertiary/aromatic N) is 1. The lowest BCUT2D eigenvalue weighted by Gasteiger charge is -2.01. The summed E-state index contributed by atoms with van der Waals surface area (Å²) >= 11 is 0. The SMILES string of the molecule is CC1OC1C(=O)/C=C/N(C)C. The van der Waals surface area contributed by atoms with Crippen LogP contribution in [-0.4, -0.2) is 37.0 Å². The van der Waals surface area contributed by atoms with Gasteiger partial charge < -0.3 is 9.64 Å². The largest absolute Gasteiger partial charge is 0.383 e. The first-order valence-corrected chi connectivity index (χ1v) is 3.65. The molecule has 11 heavy (non-hydrogen) atoms. The lowest BCUT2D eigenvalue weighted by molar-refractivity contribution is -0.115. The van der Waals surface area contributed by atoms with Crippen LogP contribution in [0.15, 0.2) is 12.3 Å². The van der Waals surface area contributed by atoms with Gasteiger partial charge in [-0.2, -0.15) is 0 Å². The zero-order valence-electron chi connectivity index (χ0n) is 7.07. The molecular weight excluding hydrogens is 142 g/mol. The summed E-state index contributed by atoms with van der Waals surface area (Å²) in [7, 11) is 3.75. The van der Waals surface area contributed by atoms with Gasteiger partial charge in [-0.25, -0.2) is 0 Å². The first-order chi connectivity index (χ1) is 5.11. The van der Waals surface area contributed by atoms with E-state index < -0.39 is 0 Å². The van der Waals surface area contributed by atoms with Crippen LogP contribution < -0.4 is 0 Å². The summed E-state index contributed by atoms with van der Waals surface area (Å²) in [5.41, 5.74) is 0. The smallest absolute Gasteiger partial charge is 0.188 e. The first-order valence-electron chi connectivity index (χ1n) is 3.65. The van der Waals surface area contributed by atoms with Crippen LogP contribution in [0.25, 0.3) is 0 Å². The number of carbonyl (C=O) groups is 1. The highest BCUT2D eigenvalue weighted by molar-refractivity contribution is 5.95. The molecule has 0 N–H and O–H groups in total. The lowest BCUT2D eigenvalue weighted by atomic mass is 10.2. The molecule has 1 aliphatic heterocycles. The highest BCUT2D eigenvalue weighted by Gasteiger charge is 2.39. The fraction of sp³-hybridized carbons (Fsp3) is 0.625. The van der Waals surface area contributed by atoms with Crippen LogP contribution >= 0.6 is 0 Å². The molecule has 62 valence electrons. The summed E-state index contributed by atoms with van der Waals surface area (Å²) in [5, 5.41) is 0. The van der Waals surface area contributed by atoms with E-state index in [4.69, 9.17) is 4.74 Å². The highest BCUT2D eigenvalue weighted by atomic mass is 16.6. The third-order valence-electron chi connectivity index (χ3n) is 1.53. The lowest BCUT2D eigenvalue weighted by Crippen LogP contribution is -2.08. The average molecular weight is 155 g/mol. The number of ether oxygens (including phenoxy) is 1. The van der Waals surface area contributed by atoms with E-state index in [1.54, 1.807) is 12.3 Å². The maximum absolute atomic E-state index is 11.1. The van der Waals surface area contributed by atoms with Crippen molar-refractivity contribution in [2.24, 2.45) is 0 Å². The number of hydrogen-bond acceptors (Lipinski definition) is 3. The van der Waals surface area contributed by atoms with Crippen molar-refractivity contribution in [3.63, 3.8) is 0 Å². The number of carbonyl (C=O) groups excluding carboxylic acids is 1. The molecule has 1 heterocycles. The molecule has 0 spiro atoms. The molecule has 0 aromatic rings. The Morgan fingerprint density at radius 2 is 2.09 bits per heavy atom. The van der Waals surface area contributed by atoms with Gasteiger partial charge in [0.05, 0.1) is 6.10 Å². The zero-order chi connectivity index (χ0) is 8.43. The van der Waals surface area contributed by atoms with Gasteiger partial charge in [-0.3, -0.25) is 4.79 Å². The Bertz CT molecular complexity index is 187. The highest BCUT2D eigenvalue weighted by Crippen LogP contribution is 2.21. The fourth-order valence-corrected chi connectivity index (χ4v) is 0.802. The summed E-state index contributed by atoms with van der Waals surface area (Å²) in [6.07, 6.45) is 3.23. The monoisotopic (exact) mass is 155 g/mol. The van der Waals surface area contributed by atoms with Crippen molar-refractivity contribution in [3.8, 4) is 0 Å². The van der Waals surface area contributed by atoms with E-state index in [1.807, 2.05) is 25.9 Å². The Kier molecular flexibility index (Phi) is 2.29. The number of rotatable bonds is 3. The second-order valence-corrected chi connectivity index (χ2v) is 2.94. The second kappa shape index (κ2) is 3.05. The fourth-order valence-electron chi connectivity index (χ4n) is 0.802. The molecular formula is C8H13NO2. The molecule has 0 amide bonds. The van der Waals surface area contributed by atoms with E-state index in [2.05, 4.69) is 0 Å². The molecule has 0 aromatic carbocycles. The molecule has 1 aliphatic rings. The van der Waals surface area contributed by atoms with Crippen LogP contribution in [0.3, 0.4) is 0 Å². The topological polar surface area (TPSA) is 32.8 Å². The third-order valence-corrected chi connectivity index (χ3v) is 1.53. The molecule has 1 saturated heterocycles. The number of ketones is 1. The van der Waals surface area contributed by atoms with Gasteiger partial charge >= 0.3 is 0 Å². The Morgan fingerprint density at radius 3 is 2.45 bits per heavy atom. The van der Waals surface area contributed by atoms with Crippen LogP contribution in [0.2, 0.25) is 0 Å². The molecule has 3 nitrogen and oxygen atoms in total. The van der Waals surface area contributed by atoms with Gasteiger partial charge in [0.25, 0.3) is 0 Å². The van der Waals surface area contributed by atoms with Crippen molar-refractivity contribution in [2.75, 3.05) is 14.1 Å². The minimum absolute atomic E-state index is 0.0613. The van der Waals surface area contributed by atoms with Crippen molar-refractivity contribution >= 4 is 5.78 Å². The van der Waals surface area contributed by atoms with Crippen molar-refractivity contribution in [1.29, 1.82) is 0 Å². The molecule has 2 unspecified atom stereocenters. The normalized spacial score (nSPS) is 29.0. The Balaban J connectivity index is 2.32. The van der Waals surface area contributed by atoms with E-state index in [-0.39, 0.29) is 18.0 Å². The summed E-state index contributed by atoms with van der Waals surface area (Å²) in [4.78, 5) is 12.9. The van der Waals surface area contributed by atoms with E-state index in [0.717, 1.165) is 0 Å². The van der Waals surface area contributed by atoms with Gasteiger partial charge in [-0.05, 0) is 13.0 Å². The van der Waals surface area contributed by atoms with Crippen LogP contribution in [0, 0.1) is 0 Å². The van der Waals surface area contributed by atoms with Crippen LogP contribution in [0.4, 0.5) is 0 Å². The van der Waals surface area contributed by atoms with Gasteiger partial charge in [0.2, 0.25) is 0 Å². The summed E-state index contributed by atoms with van der Waals surface area (Å²) < 4.78 is 4.99. The van der Waals surface area contributed by atoms with Gasteiger partial charge in [0.1, 0.15) is 6.10 Å². The summed E-state index contributed by atoms with van der Waals surface area (Å²) in [5.74, 6) is 0.0613. The van der Waals surface area contributed by atoms with Gasteiger partial charge in [-0.1, -0.05) is 0 Å². The first kappa shape index (κ1) is 8.27. The van der Waals surface area contributed by atoms with E-state index in [9.17, 15) is 4.79 Å². The average Bonchev–Trinajstić information content (AvgIpc) is 2.61. The molecule has 1 rings (SSSR count). The number of hydrogen-bond donors (Lipinski definition) is 0. The maximum Gasteiger partial charge on any atom is 0.188 e. The Labute approximate surface area is 66.6 Å². The second-order valence-electron chi connectivity index (χ2n) is 2.94. The van der Waals surface area contributed by atoms with Crippen LogP contribution in [0.1, 0.15) is 6.92 Å². The Hall–Kier alpha value is -0.830. The summed E-state index contributed by atoms with van der Waals surface area (Å²) in [6, 6.07) is 0. The van der Waals surface area contributed by atoms with E-state index >= 15 is 0 Å². The van der Waals surface area contributed by atoms with Crippen LogP contribution in [0.5, 0.6) is 0 Å². The number of epoxide rings is 1. The Morgan fingerprint density at radius 1 is 1.55 bits per heavy atom. The predicted octanol–water partition coefficient (Wildman–Crippen LogP) is 0.418. The van der Waals surface area contributed by atoms with Gasteiger partial charge in [-0.15, -0.1) is 0 Å². The third kappa shape index (κ3) is 2.35. The van der Waals surface area contributed by atoms with Crippen molar-refractivity contribution < 1.29 is 9.53 Å². The quantitative estimate of drug-likeness (QED) is 0.437. The minimum Gasteiger partial charge on any atom is -0.383 e. The zero-order valence-corrected chi connectivity index (χ0v) is 7.07. The van der Waals surface area contributed by atoms with Crippen molar-refractivity contribution in [2.45, 2.75) is 19.1 Å². The molecule has 3 heteroatoms. The van der Waals surface area contributed by atoms with E-state index in [1.165, 1.54) is 0 Å². The van der Waals surface area contributed by atoms with Gasteiger partial charge in [0, 0.05) is 20.3 Å². The molecule has 0 aliphatic carbocycles. The molecule has 1 fully saturated rings. The standard InChI is InChI=1S/C8H13NO2/c1-6-8(11-6)7(10)4-5-9(2)3/h4-6,8H,1-3H3/b5-4+. The minimum atomic E-state index is -0.175. The molecule has 2 atom stereocenters. The van der Waals surface area contributed by atoms with Crippen molar-refractivity contribution in [3.05, 3.63) is 12.3 Å². The van der Waals surface area contributed by atoms with Crippen molar-refractivity contribution in [1.82, 2.24) is 4.90 Å². The summed E-state index contributed by atoms with van der Waals surface area (Å²) in [6.45, 7) is 1.89. The molecule has 0 saturated carbocycles. The van der Waals surface area contributed by atoms with Gasteiger partial charge in [0.15, 0.2) is 5.78 Å². The van der Waals surface area contributed by atoms with E-state index in [0.29, 0.717) is 0 Å². The molecule has 0 radical (unpaired) electrons. The van der Waals surface area contributed by atoms with Crippen LogP contribution in [-0.2, 0) is 9.53 Å².